The van der Waals surface area contributed by atoms with Crippen molar-refractivity contribution in [2.75, 3.05) is 5.32 Å². The molecular weight excluding hydrogens is 375 g/mol. The maximum Gasteiger partial charge on any atom is 0.147 e. The first-order chi connectivity index (χ1) is 9.00. The summed E-state index contributed by atoms with van der Waals surface area (Å²) in [6.45, 7) is 0.276. The van der Waals surface area contributed by atoms with E-state index in [1.54, 1.807) is 24.3 Å². The van der Waals surface area contributed by atoms with Crippen LogP contribution in [0.25, 0.3) is 0 Å². The zero-order valence-corrected chi connectivity index (χ0v) is 13.3. The van der Waals surface area contributed by atoms with E-state index in [1.807, 2.05) is 0 Å². The van der Waals surface area contributed by atoms with E-state index in [1.165, 1.54) is 6.07 Å². The van der Waals surface area contributed by atoms with Crippen molar-refractivity contribution in [3.63, 3.8) is 0 Å². The van der Waals surface area contributed by atoms with Crippen LogP contribution in [0.15, 0.2) is 34.8 Å². The van der Waals surface area contributed by atoms with Gasteiger partial charge in [-0.05, 0) is 40.2 Å². The molecule has 0 radical (unpaired) electrons. The zero-order chi connectivity index (χ0) is 14.0. The molecule has 0 saturated heterocycles. The average molecular weight is 383 g/mol. The van der Waals surface area contributed by atoms with Crippen molar-refractivity contribution in [3.8, 4) is 0 Å². The molecule has 2 aromatic rings. The molecule has 0 spiro atoms. The maximum atomic E-state index is 13.6. The normalized spacial score (nSPS) is 10.6. The summed E-state index contributed by atoms with van der Waals surface area (Å²) in [5, 5.41) is 4.22. The van der Waals surface area contributed by atoms with Gasteiger partial charge in [0.2, 0.25) is 0 Å². The molecule has 0 aromatic heterocycles. The number of hydrogen-bond acceptors (Lipinski definition) is 1. The molecule has 0 atom stereocenters. The Labute approximate surface area is 133 Å². The number of halogens is 5. The van der Waals surface area contributed by atoms with Crippen LogP contribution in [0.1, 0.15) is 5.56 Å². The van der Waals surface area contributed by atoms with E-state index in [0.29, 0.717) is 30.8 Å². The third kappa shape index (κ3) is 3.34. The third-order valence-corrected chi connectivity index (χ3v) is 4.40. The van der Waals surface area contributed by atoms with Crippen LogP contribution in [0.3, 0.4) is 0 Å². The minimum Gasteiger partial charge on any atom is -0.378 e. The van der Waals surface area contributed by atoms with Crippen molar-refractivity contribution in [2.24, 2.45) is 0 Å². The summed E-state index contributed by atoms with van der Waals surface area (Å²) in [6, 6.07) is 8.00. The lowest BCUT2D eigenvalue weighted by Gasteiger charge is -2.12. The second kappa shape index (κ2) is 6.31. The van der Waals surface area contributed by atoms with Gasteiger partial charge in [-0.15, -0.1) is 0 Å². The highest BCUT2D eigenvalue weighted by Gasteiger charge is 2.11. The second-order valence-electron chi connectivity index (χ2n) is 3.77. The minimum absolute atomic E-state index is 0.276. The van der Waals surface area contributed by atoms with E-state index in [4.69, 9.17) is 34.8 Å². The minimum atomic E-state index is -0.358. The third-order valence-electron chi connectivity index (χ3n) is 2.54. The molecule has 0 heterocycles. The van der Waals surface area contributed by atoms with Gasteiger partial charge in [-0.25, -0.2) is 4.39 Å². The summed E-state index contributed by atoms with van der Waals surface area (Å²) in [6.07, 6.45) is 0. The molecule has 2 rings (SSSR count). The van der Waals surface area contributed by atoms with Crippen LogP contribution in [0.4, 0.5) is 10.1 Å². The van der Waals surface area contributed by atoms with Crippen molar-refractivity contribution in [1.82, 2.24) is 0 Å². The fourth-order valence-corrected chi connectivity index (χ4v) is 2.74. The van der Waals surface area contributed by atoms with Crippen LogP contribution in [0.5, 0.6) is 0 Å². The number of para-hydroxylation sites is 1. The van der Waals surface area contributed by atoms with E-state index in [-0.39, 0.29) is 12.4 Å². The van der Waals surface area contributed by atoms with Gasteiger partial charge in [0, 0.05) is 21.6 Å². The first kappa shape index (κ1) is 14.9. The fraction of sp³-hybridized carbons (Fsp3) is 0.0769. The van der Waals surface area contributed by atoms with Gasteiger partial charge in [-0.2, -0.15) is 0 Å². The van der Waals surface area contributed by atoms with Gasteiger partial charge in [0.25, 0.3) is 0 Å². The first-order valence-electron chi connectivity index (χ1n) is 5.31. The largest absolute Gasteiger partial charge is 0.378 e. The Morgan fingerprint density at radius 1 is 1.05 bits per heavy atom. The lowest BCUT2D eigenvalue weighted by atomic mass is 10.2. The van der Waals surface area contributed by atoms with Gasteiger partial charge in [0.05, 0.1) is 15.7 Å². The van der Waals surface area contributed by atoms with Crippen molar-refractivity contribution < 1.29 is 4.39 Å². The molecule has 2 aromatic carbocycles. The molecule has 6 heteroatoms. The Morgan fingerprint density at radius 3 is 2.42 bits per heavy atom. The summed E-state index contributed by atoms with van der Waals surface area (Å²) in [5.41, 5.74) is 0.987. The Balaban J connectivity index is 2.27. The van der Waals surface area contributed by atoms with Gasteiger partial charge in [-0.3, -0.25) is 0 Å². The quantitative estimate of drug-likeness (QED) is 0.626. The summed E-state index contributed by atoms with van der Waals surface area (Å²) in [5.74, 6) is -0.358. The topological polar surface area (TPSA) is 12.0 Å². The van der Waals surface area contributed by atoms with Crippen LogP contribution in [0, 0.1) is 5.82 Å². The Hall–Kier alpha value is -0.480. The highest BCUT2D eigenvalue weighted by Crippen LogP contribution is 2.33. The first-order valence-corrected chi connectivity index (χ1v) is 7.23. The van der Waals surface area contributed by atoms with Crippen LogP contribution in [0.2, 0.25) is 15.1 Å². The number of benzene rings is 2. The van der Waals surface area contributed by atoms with E-state index in [0.717, 1.165) is 0 Å². The molecule has 0 saturated carbocycles. The molecule has 0 amide bonds. The molecule has 0 unspecified atom stereocenters. The molecule has 0 aliphatic heterocycles. The predicted octanol–water partition coefficient (Wildman–Crippen LogP) is 6.16. The van der Waals surface area contributed by atoms with Gasteiger partial charge < -0.3 is 5.32 Å². The lowest BCUT2D eigenvalue weighted by Crippen LogP contribution is -2.03. The Morgan fingerprint density at radius 2 is 1.74 bits per heavy atom. The number of hydrogen-bond donors (Lipinski definition) is 1. The highest BCUT2D eigenvalue weighted by molar-refractivity contribution is 9.10. The standard InChI is InChI=1S/C13H8BrCl3FN/c14-8-2-1-3-11(18)13(8)19-6-7-9(15)4-5-10(16)12(7)17/h1-5,19H,6H2. The number of anilines is 1. The summed E-state index contributed by atoms with van der Waals surface area (Å²) >= 11 is 21.3. The van der Waals surface area contributed by atoms with Crippen LogP contribution in [-0.4, -0.2) is 0 Å². The van der Waals surface area contributed by atoms with Crippen LogP contribution >= 0.6 is 50.7 Å². The monoisotopic (exact) mass is 381 g/mol. The van der Waals surface area contributed by atoms with E-state index >= 15 is 0 Å². The second-order valence-corrected chi connectivity index (χ2v) is 5.82. The van der Waals surface area contributed by atoms with Crippen molar-refractivity contribution in [2.45, 2.75) is 6.54 Å². The Bertz CT molecular complexity index is 599. The van der Waals surface area contributed by atoms with Gasteiger partial charge in [-0.1, -0.05) is 40.9 Å². The summed E-state index contributed by atoms with van der Waals surface area (Å²) in [7, 11) is 0. The number of rotatable bonds is 3. The summed E-state index contributed by atoms with van der Waals surface area (Å²) in [4.78, 5) is 0. The van der Waals surface area contributed by atoms with Gasteiger partial charge in [0.1, 0.15) is 5.82 Å². The molecule has 0 aliphatic carbocycles. The summed E-state index contributed by atoms with van der Waals surface area (Å²) < 4.78 is 14.3. The van der Waals surface area contributed by atoms with Gasteiger partial charge >= 0.3 is 0 Å². The van der Waals surface area contributed by atoms with E-state index < -0.39 is 0 Å². The Kier molecular flexibility index (Phi) is 4.96. The fourth-order valence-electron chi connectivity index (χ4n) is 1.57. The zero-order valence-electron chi connectivity index (χ0n) is 9.48. The van der Waals surface area contributed by atoms with Crippen molar-refractivity contribution in [3.05, 3.63) is 61.3 Å². The molecule has 100 valence electrons. The van der Waals surface area contributed by atoms with E-state index in [2.05, 4.69) is 21.2 Å². The lowest BCUT2D eigenvalue weighted by molar-refractivity contribution is 0.629. The van der Waals surface area contributed by atoms with Gasteiger partial charge in [0.15, 0.2) is 0 Å². The molecular formula is C13H8BrCl3FN. The average Bonchev–Trinajstić information content (AvgIpc) is 2.37. The highest BCUT2D eigenvalue weighted by atomic mass is 79.9. The molecule has 19 heavy (non-hydrogen) atoms. The van der Waals surface area contributed by atoms with Crippen LogP contribution < -0.4 is 5.32 Å². The van der Waals surface area contributed by atoms with Crippen molar-refractivity contribution >= 4 is 56.4 Å². The molecule has 0 aliphatic rings. The SMILES string of the molecule is Fc1cccc(Br)c1NCc1c(Cl)ccc(Cl)c1Cl. The molecule has 1 nitrogen and oxygen atoms in total. The predicted molar refractivity (Wildman–Crippen MR) is 82.9 cm³/mol. The van der Waals surface area contributed by atoms with Crippen molar-refractivity contribution in [1.29, 1.82) is 0 Å². The van der Waals surface area contributed by atoms with Crippen LogP contribution in [-0.2, 0) is 6.54 Å². The smallest absolute Gasteiger partial charge is 0.147 e. The molecule has 0 bridgehead atoms. The molecule has 1 N–H and O–H groups in total. The van der Waals surface area contributed by atoms with E-state index in [9.17, 15) is 4.39 Å². The molecule has 0 fully saturated rings. The maximum absolute atomic E-state index is 13.6. The number of nitrogens with one attached hydrogen (secondary N) is 1.